The first kappa shape index (κ1) is 25.0. The van der Waals surface area contributed by atoms with Gasteiger partial charge in [0.15, 0.2) is 21.5 Å². The summed E-state index contributed by atoms with van der Waals surface area (Å²) in [6, 6.07) is 6.54. The van der Waals surface area contributed by atoms with E-state index in [1.54, 1.807) is 0 Å². The molecule has 184 valence electrons. The van der Waals surface area contributed by atoms with Crippen LogP contribution >= 0.6 is 11.6 Å². The van der Waals surface area contributed by atoms with Gasteiger partial charge in [0.05, 0.1) is 26.9 Å². The molecular formula is C23H24ClF2NO6S. The number of amides is 1. The summed E-state index contributed by atoms with van der Waals surface area (Å²) >= 11 is 6.17. The van der Waals surface area contributed by atoms with E-state index in [2.05, 4.69) is 5.32 Å². The molecule has 0 radical (unpaired) electrons. The van der Waals surface area contributed by atoms with Crippen molar-refractivity contribution in [2.24, 2.45) is 11.8 Å². The van der Waals surface area contributed by atoms with Gasteiger partial charge in [-0.05, 0) is 68.4 Å². The van der Waals surface area contributed by atoms with Crippen molar-refractivity contribution in [2.75, 3.05) is 5.32 Å². The Morgan fingerprint density at radius 2 is 1.74 bits per heavy atom. The van der Waals surface area contributed by atoms with Gasteiger partial charge in [-0.25, -0.2) is 17.2 Å². The summed E-state index contributed by atoms with van der Waals surface area (Å²) in [5, 5.41) is 32.3. The number of benzene rings is 2. The van der Waals surface area contributed by atoms with E-state index in [9.17, 15) is 37.3 Å². The highest BCUT2D eigenvalue weighted by atomic mass is 35.5. The van der Waals surface area contributed by atoms with E-state index in [0.29, 0.717) is 6.42 Å². The Morgan fingerprint density at radius 3 is 2.32 bits per heavy atom. The fourth-order valence-corrected chi connectivity index (χ4v) is 7.54. The minimum absolute atomic E-state index is 0.00780. The van der Waals surface area contributed by atoms with Crippen LogP contribution in [0.1, 0.15) is 36.5 Å². The Balaban J connectivity index is 1.56. The second-order valence-corrected chi connectivity index (χ2v) is 11.7. The minimum Gasteiger partial charge on any atom is -0.391 e. The van der Waals surface area contributed by atoms with Crippen LogP contribution in [-0.4, -0.2) is 52.7 Å². The number of sulfone groups is 1. The molecule has 4 N–H and O–H groups in total. The molecule has 2 aromatic rings. The highest BCUT2D eigenvalue weighted by Gasteiger charge is 2.63. The quantitative estimate of drug-likeness (QED) is 0.469. The Bertz CT molecular complexity index is 1230. The van der Waals surface area contributed by atoms with Crippen LogP contribution < -0.4 is 5.32 Å². The first-order valence-electron chi connectivity index (χ1n) is 10.7. The molecule has 0 aromatic heterocycles. The highest BCUT2D eigenvalue weighted by Crippen LogP contribution is 2.57. The summed E-state index contributed by atoms with van der Waals surface area (Å²) in [5.41, 5.74) is -1.60. The van der Waals surface area contributed by atoms with Gasteiger partial charge < -0.3 is 20.6 Å². The number of anilines is 1. The summed E-state index contributed by atoms with van der Waals surface area (Å²) < 4.78 is 53.3. The highest BCUT2D eigenvalue weighted by molar-refractivity contribution is 7.92. The molecule has 7 nitrogen and oxygen atoms in total. The van der Waals surface area contributed by atoms with Crippen molar-refractivity contribution in [2.45, 2.75) is 54.1 Å². The lowest BCUT2D eigenvalue weighted by Crippen LogP contribution is -2.69. The Kier molecular flexibility index (Phi) is 6.50. The van der Waals surface area contributed by atoms with Gasteiger partial charge in [-0.1, -0.05) is 11.6 Å². The zero-order valence-corrected chi connectivity index (χ0v) is 19.7. The molecule has 3 aliphatic carbocycles. The predicted molar refractivity (Wildman–Crippen MR) is 120 cm³/mol. The van der Waals surface area contributed by atoms with Crippen LogP contribution in [0.2, 0.25) is 5.02 Å². The first-order valence-corrected chi connectivity index (χ1v) is 12.7. The van der Waals surface area contributed by atoms with Gasteiger partial charge in [0, 0.05) is 17.3 Å². The van der Waals surface area contributed by atoms with Crippen LogP contribution in [0.25, 0.3) is 0 Å². The lowest BCUT2D eigenvalue weighted by atomic mass is 9.51. The number of carbonyl (C=O) groups excluding carboxylic acids is 1. The SMILES string of the molecule is C[C@H](O)[C@H](O)[C@]1(O)C2CC1C[C@@H](S(=O)(=O)c1cc(C(=O)Nc3ccc(F)c(F)c3)ccc1Cl)C2. The topological polar surface area (TPSA) is 124 Å². The zero-order valence-electron chi connectivity index (χ0n) is 18.1. The molecule has 3 fully saturated rings. The van der Waals surface area contributed by atoms with Gasteiger partial charge >= 0.3 is 0 Å². The van der Waals surface area contributed by atoms with Crippen molar-refractivity contribution in [1.29, 1.82) is 0 Å². The van der Waals surface area contributed by atoms with E-state index in [1.807, 2.05) is 0 Å². The molecule has 1 amide bonds. The summed E-state index contributed by atoms with van der Waals surface area (Å²) in [6.07, 6.45) is -1.87. The number of rotatable bonds is 6. The number of aliphatic hydroxyl groups is 3. The number of carbonyl (C=O) groups is 1. The fraction of sp³-hybridized carbons (Fsp3) is 0.435. The molecule has 11 heteroatoms. The molecule has 2 aromatic carbocycles. The molecule has 5 rings (SSSR count). The molecule has 3 aliphatic rings. The van der Waals surface area contributed by atoms with Crippen LogP contribution in [0.15, 0.2) is 41.3 Å². The lowest BCUT2D eigenvalue weighted by Gasteiger charge is -2.60. The van der Waals surface area contributed by atoms with E-state index in [0.717, 1.165) is 18.2 Å². The summed E-state index contributed by atoms with van der Waals surface area (Å²) in [5.74, 6) is -3.96. The summed E-state index contributed by atoms with van der Waals surface area (Å²) in [7, 11) is -4.01. The van der Waals surface area contributed by atoms with Gasteiger partial charge in [0.25, 0.3) is 5.91 Å². The van der Waals surface area contributed by atoms with E-state index in [-0.39, 0.29) is 34.0 Å². The van der Waals surface area contributed by atoms with Gasteiger partial charge in [-0.3, -0.25) is 4.79 Å². The van der Waals surface area contributed by atoms with Crippen molar-refractivity contribution < 1.29 is 37.3 Å². The fourth-order valence-electron chi connectivity index (χ4n) is 5.14. The van der Waals surface area contributed by atoms with E-state index in [4.69, 9.17) is 11.6 Å². The third-order valence-corrected chi connectivity index (χ3v) is 9.67. The maximum Gasteiger partial charge on any atom is 0.255 e. The normalized spacial score (nSPS) is 28.0. The molecule has 0 saturated heterocycles. The zero-order chi connectivity index (χ0) is 25.0. The standard InChI is InChI=1S/C23H24ClF2NO6S/c1-11(28)21(29)23(31)13-7-14(23)9-16(8-13)34(32,33)20-6-12(2-4-17(20)24)22(30)27-15-3-5-18(25)19(26)10-15/h2-6,10-11,13-14,16,21,28-29,31H,7-9H2,1H3,(H,27,30)/t11-,13?,14?,16-,21-,23-/m0/s1. The maximum atomic E-state index is 13.4. The van der Waals surface area contributed by atoms with Crippen molar-refractivity contribution in [3.05, 3.63) is 58.6 Å². The molecule has 3 saturated carbocycles. The number of halogens is 3. The van der Waals surface area contributed by atoms with Gasteiger partial charge in [-0.15, -0.1) is 0 Å². The van der Waals surface area contributed by atoms with E-state index in [1.165, 1.54) is 25.1 Å². The second kappa shape index (κ2) is 8.83. The molecule has 34 heavy (non-hydrogen) atoms. The average molecular weight is 516 g/mol. The van der Waals surface area contributed by atoms with Gasteiger partial charge in [0.2, 0.25) is 0 Å². The van der Waals surface area contributed by atoms with Crippen molar-refractivity contribution in [1.82, 2.24) is 0 Å². The molecule has 2 unspecified atom stereocenters. The largest absolute Gasteiger partial charge is 0.391 e. The van der Waals surface area contributed by atoms with Crippen LogP contribution in [-0.2, 0) is 9.84 Å². The monoisotopic (exact) mass is 515 g/mol. The van der Waals surface area contributed by atoms with Gasteiger partial charge in [0.1, 0.15) is 6.10 Å². The number of hydrogen-bond acceptors (Lipinski definition) is 6. The van der Waals surface area contributed by atoms with Crippen LogP contribution in [0.3, 0.4) is 0 Å². The number of aliphatic hydroxyl groups excluding tert-OH is 2. The van der Waals surface area contributed by atoms with Crippen molar-refractivity contribution >= 4 is 33.0 Å². The second-order valence-electron chi connectivity index (χ2n) is 9.07. The smallest absolute Gasteiger partial charge is 0.255 e. The Morgan fingerprint density at radius 1 is 1.09 bits per heavy atom. The van der Waals surface area contributed by atoms with Crippen LogP contribution in [0.4, 0.5) is 14.5 Å². The first-order chi connectivity index (χ1) is 15.9. The molecule has 0 heterocycles. The van der Waals surface area contributed by atoms with E-state index < -0.39 is 62.3 Å². The number of nitrogens with one attached hydrogen (secondary N) is 1. The van der Waals surface area contributed by atoms with Crippen molar-refractivity contribution in [3.8, 4) is 0 Å². The number of fused-ring (bicyclic) bond motifs is 2. The van der Waals surface area contributed by atoms with E-state index >= 15 is 0 Å². The summed E-state index contributed by atoms with van der Waals surface area (Å²) in [6.45, 7) is 1.36. The molecule has 0 spiro atoms. The number of hydrogen-bond donors (Lipinski definition) is 4. The lowest BCUT2D eigenvalue weighted by molar-refractivity contribution is -0.249. The molecule has 4 atom stereocenters. The van der Waals surface area contributed by atoms with Crippen molar-refractivity contribution in [3.63, 3.8) is 0 Å². The van der Waals surface area contributed by atoms with Crippen LogP contribution in [0, 0.1) is 23.5 Å². The maximum absolute atomic E-state index is 13.4. The Hall–Kier alpha value is -2.11. The predicted octanol–water partition coefficient (Wildman–Crippen LogP) is 2.92. The average Bonchev–Trinajstić information content (AvgIpc) is 2.80. The molecule has 0 aliphatic heterocycles. The Labute approximate surface area is 200 Å². The van der Waals surface area contributed by atoms with Gasteiger partial charge in [-0.2, -0.15) is 0 Å². The van der Waals surface area contributed by atoms with Crippen LogP contribution in [0.5, 0.6) is 0 Å². The summed E-state index contributed by atoms with van der Waals surface area (Å²) in [4.78, 5) is 12.4. The molecule has 2 bridgehead atoms. The molecular weight excluding hydrogens is 492 g/mol. The third kappa shape index (κ3) is 4.11. The third-order valence-electron chi connectivity index (χ3n) is 7.02. The minimum atomic E-state index is -4.01.